The number of nitrogens with two attached hydrogens (primary N) is 1. The van der Waals surface area contributed by atoms with Crippen molar-refractivity contribution in [2.24, 2.45) is 16.8 Å². The van der Waals surface area contributed by atoms with Crippen molar-refractivity contribution in [3.8, 4) is 0 Å². The van der Waals surface area contributed by atoms with E-state index in [4.69, 9.17) is 10.9 Å². The van der Waals surface area contributed by atoms with E-state index in [1.165, 1.54) is 24.9 Å². The second-order valence-corrected chi connectivity index (χ2v) is 5.65. The van der Waals surface area contributed by atoms with Crippen LogP contribution < -0.4 is 5.73 Å². The summed E-state index contributed by atoms with van der Waals surface area (Å²) in [6.07, 6.45) is 2.76. The van der Waals surface area contributed by atoms with E-state index in [1.54, 1.807) is 0 Å². The number of hydrogen-bond donors (Lipinski definition) is 2. The van der Waals surface area contributed by atoms with E-state index in [-0.39, 0.29) is 5.84 Å². The second kappa shape index (κ2) is 6.06. The van der Waals surface area contributed by atoms with Crippen molar-refractivity contribution in [3.63, 3.8) is 0 Å². The number of benzene rings is 1. The highest BCUT2D eigenvalue weighted by Crippen LogP contribution is 2.30. The van der Waals surface area contributed by atoms with E-state index < -0.39 is 0 Å². The SMILES string of the molecule is CC(C)N(Cc1ccc(C(N)=NO)cc1)CC1CC1. The molecular weight excluding hydrogens is 238 g/mol. The van der Waals surface area contributed by atoms with Crippen molar-refractivity contribution >= 4 is 5.84 Å². The highest BCUT2D eigenvalue weighted by atomic mass is 16.4. The van der Waals surface area contributed by atoms with Crippen LogP contribution in [0.2, 0.25) is 0 Å². The fourth-order valence-corrected chi connectivity index (χ4v) is 2.16. The monoisotopic (exact) mass is 261 g/mol. The first-order valence-electron chi connectivity index (χ1n) is 6.91. The number of hydrogen-bond acceptors (Lipinski definition) is 3. The van der Waals surface area contributed by atoms with E-state index in [1.807, 2.05) is 12.1 Å². The normalized spacial score (nSPS) is 16.3. The zero-order valence-corrected chi connectivity index (χ0v) is 11.7. The Bertz CT molecular complexity index is 435. The van der Waals surface area contributed by atoms with Crippen LogP contribution in [-0.4, -0.2) is 28.5 Å². The summed E-state index contributed by atoms with van der Waals surface area (Å²) in [6.45, 7) is 6.64. The van der Waals surface area contributed by atoms with E-state index in [0.29, 0.717) is 6.04 Å². The maximum Gasteiger partial charge on any atom is 0.170 e. The molecule has 19 heavy (non-hydrogen) atoms. The average molecular weight is 261 g/mol. The lowest BCUT2D eigenvalue weighted by molar-refractivity contribution is 0.204. The third-order valence-corrected chi connectivity index (χ3v) is 3.66. The standard InChI is InChI=1S/C15H23N3O/c1-11(2)18(9-12-3-4-12)10-13-5-7-14(8-6-13)15(16)17-19/h5-8,11-12,19H,3-4,9-10H2,1-2H3,(H2,16,17). The Morgan fingerprint density at radius 1 is 1.37 bits per heavy atom. The Labute approximate surface area is 114 Å². The lowest BCUT2D eigenvalue weighted by atomic mass is 10.1. The van der Waals surface area contributed by atoms with Gasteiger partial charge in [-0.05, 0) is 38.2 Å². The van der Waals surface area contributed by atoms with Crippen molar-refractivity contribution in [2.45, 2.75) is 39.3 Å². The van der Waals surface area contributed by atoms with Gasteiger partial charge in [0.2, 0.25) is 0 Å². The van der Waals surface area contributed by atoms with Gasteiger partial charge in [0.05, 0.1) is 0 Å². The lowest BCUT2D eigenvalue weighted by Crippen LogP contribution is -2.32. The Balaban J connectivity index is 2.00. The number of rotatable bonds is 6. The average Bonchev–Trinajstić information content (AvgIpc) is 3.22. The predicted octanol–water partition coefficient (Wildman–Crippen LogP) is 2.40. The molecule has 0 unspecified atom stereocenters. The predicted molar refractivity (Wildman–Crippen MR) is 77.2 cm³/mol. The van der Waals surface area contributed by atoms with Crippen LogP contribution in [0.1, 0.15) is 37.8 Å². The number of oxime groups is 1. The second-order valence-electron chi connectivity index (χ2n) is 5.65. The molecule has 3 N–H and O–H groups in total. The molecule has 0 aliphatic heterocycles. The fourth-order valence-electron chi connectivity index (χ4n) is 2.16. The Morgan fingerprint density at radius 3 is 2.47 bits per heavy atom. The molecule has 0 bridgehead atoms. The van der Waals surface area contributed by atoms with Gasteiger partial charge < -0.3 is 10.9 Å². The summed E-state index contributed by atoms with van der Waals surface area (Å²) in [7, 11) is 0. The van der Waals surface area contributed by atoms with Gasteiger partial charge in [0.15, 0.2) is 5.84 Å². The quantitative estimate of drug-likeness (QED) is 0.358. The van der Waals surface area contributed by atoms with Crippen LogP contribution in [-0.2, 0) is 6.54 Å². The molecule has 2 rings (SSSR count). The molecule has 1 aromatic rings. The maximum atomic E-state index is 8.64. The van der Waals surface area contributed by atoms with Crippen LogP contribution in [0.4, 0.5) is 0 Å². The molecule has 1 fully saturated rings. The summed E-state index contributed by atoms with van der Waals surface area (Å²) in [5.74, 6) is 1.06. The Kier molecular flexibility index (Phi) is 4.43. The highest BCUT2D eigenvalue weighted by molar-refractivity contribution is 5.96. The fraction of sp³-hybridized carbons (Fsp3) is 0.533. The largest absolute Gasteiger partial charge is 0.409 e. The molecular formula is C15H23N3O. The van der Waals surface area contributed by atoms with Crippen LogP contribution >= 0.6 is 0 Å². The topological polar surface area (TPSA) is 61.8 Å². The van der Waals surface area contributed by atoms with E-state index >= 15 is 0 Å². The molecule has 0 atom stereocenters. The molecule has 4 nitrogen and oxygen atoms in total. The van der Waals surface area contributed by atoms with Gasteiger partial charge in [-0.3, -0.25) is 4.90 Å². The minimum Gasteiger partial charge on any atom is -0.409 e. The third kappa shape index (κ3) is 3.96. The summed E-state index contributed by atoms with van der Waals surface area (Å²) >= 11 is 0. The third-order valence-electron chi connectivity index (χ3n) is 3.66. The molecule has 1 saturated carbocycles. The Hall–Kier alpha value is -1.55. The summed E-state index contributed by atoms with van der Waals surface area (Å²) < 4.78 is 0. The molecule has 1 aliphatic carbocycles. The van der Waals surface area contributed by atoms with Crippen molar-refractivity contribution < 1.29 is 5.21 Å². The molecule has 0 heterocycles. The van der Waals surface area contributed by atoms with Crippen LogP contribution in [0.3, 0.4) is 0 Å². The minimum atomic E-state index is 0.158. The van der Waals surface area contributed by atoms with E-state index in [9.17, 15) is 0 Å². The lowest BCUT2D eigenvalue weighted by Gasteiger charge is -2.26. The first-order chi connectivity index (χ1) is 9.10. The van der Waals surface area contributed by atoms with Gasteiger partial charge in [0, 0.05) is 24.7 Å². The van der Waals surface area contributed by atoms with E-state index in [2.05, 4.69) is 36.0 Å². The van der Waals surface area contributed by atoms with Crippen LogP contribution in [0, 0.1) is 5.92 Å². The smallest absolute Gasteiger partial charge is 0.170 e. The van der Waals surface area contributed by atoms with Gasteiger partial charge in [-0.25, -0.2) is 0 Å². The molecule has 0 aromatic heterocycles. The molecule has 0 spiro atoms. The zero-order chi connectivity index (χ0) is 13.8. The maximum absolute atomic E-state index is 8.64. The molecule has 0 amide bonds. The first kappa shape index (κ1) is 13.9. The van der Waals surface area contributed by atoms with Gasteiger partial charge in [-0.2, -0.15) is 0 Å². The number of amidine groups is 1. The molecule has 1 aliphatic rings. The van der Waals surface area contributed by atoms with Gasteiger partial charge in [0.1, 0.15) is 0 Å². The molecule has 4 heteroatoms. The zero-order valence-electron chi connectivity index (χ0n) is 11.7. The van der Waals surface area contributed by atoms with Crippen LogP contribution in [0.25, 0.3) is 0 Å². The summed E-state index contributed by atoms with van der Waals surface area (Å²) in [6, 6.07) is 8.47. The van der Waals surface area contributed by atoms with Gasteiger partial charge in [0.25, 0.3) is 0 Å². The van der Waals surface area contributed by atoms with Gasteiger partial charge in [-0.1, -0.05) is 29.4 Å². The number of nitrogens with zero attached hydrogens (tertiary/aromatic N) is 2. The van der Waals surface area contributed by atoms with Crippen molar-refractivity contribution in [3.05, 3.63) is 35.4 Å². The van der Waals surface area contributed by atoms with Crippen molar-refractivity contribution in [2.75, 3.05) is 6.54 Å². The van der Waals surface area contributed by atoms with Crippen molar-refractivity contribution in [1.29, 1.82) is 0 Å². The first-order valence-corrected chi connectivity index (χ1v) is 6.91. The minimum absolute atomic E-state index is 0.158. The summed E-state index contributed by atoms with van der Waals surface area (Å²) in [5, 5.41) is 11.6. The molecule has 104 valence electrons. The molecule has 0 radical (unpaired) electrons. The molecule has 0 saturated heterocycles. The Morgan fingerprint density at radius 2 is 2.00 bits per heavy atom. The van der Waals surface area contributed by atoms with Gasteiger partial charge in [-0.15, -0.1) is 0 Å². The van der Waals surface area contributed by atoms with Crippen LogP contribution in [0.5, 0.6) is 0 Å². The summed E-state index contributed by atoms with van der Waals surface area (Å²) in [5.41, 5.74) is 7.58. The van der Waals surface area contributed by atoms with Crippen molar-refractivity contribution in [1.82, 2.24) is 4.90 Å². The van der Waals surface area contributed by atoms with Crippen LogP contribution in [0.15, 0.2) is 29.4 Å². The van der Waals surface area contributed by atoms with Gasteiger partial charge >= 0.3 is 0 Å². The van der Waals surface area contributed by atoms with E-state index in [0.717, 1.165) is 18.0 Å². The molecule has 1 aromatic carbocycles. The summed E-state index contributed by atoms with van der Waals surface area (Å²) in [4.78, 5) is 2.51. The highest BCUT2D eigenvalue weighted by Gasteiger charge is 2.25.